The van der Waals surface area contributed by atoms with Crippen LogP contribution in [0.25, 0.3) is 10.2 Å². The molecule has 138 valence electrons. The highest BCUT2D eigenvalue weighted by atomic mass is 32.1. The van der Waals surface area contributed by atoms with Gasteiger partial charge in [-0.1, -0.05) is 12.8 Å². The van der Waals surface area contributed by atoms with E-state index < -0.39 is 0 Å². The summed E-state index contributed by atoms with van der Waals surface area (Å²) in [5.41, 5.74) is 1.16. The van der Waals surface area contributed by atoms with Gasteiger partial charge in [-0.15, -0.1) is 11.3 Å². The molecule has 2 fully saturated rings. The van der Waals surface area contributed by atoms with E-state index in [1.807, 2.05) is 0 Å². The van der Waals surface area contributed by atoms with E-state index in [9.17, 15) is 9.59 Å². The zero-order valence-electron chi connectivity index (χ0n) is 15.1. The summed E-state index contributed by atoms with van der Waals surface area (Å²) in [5, 5.41) is 0.770. The second-order valence-electron chi connectivity index (χ2n) is 8.06. The van der Waals surface area contributed by atoms with Crippen LogP contribution in [0.1, 0.15) is 55.4 Å². The number of carbonyl (C=O) groups is 1. The van der Waals surface area contributed by atoms with Gasteiger partial charge in [-0.05, 0) is 56.4 Å². The fraction of sp³-hybridized carbons (Fsp3) is 0.650. The maximum Gasteiger partial charge on any atom is 0.262 e. The summed E-state index contributed by atoms with van der Waals surface area (Å²) in [6, 6.07) is 0.391. The highest BCUT2D eigenvalue weighted by molar-refractivity contribution is 7.18. The van der Waals surface area contributed by atoms with Crippen LogP contribution in [0, 0.1) is 5.92 Å². The Labute approximate surface area is 157 Å². The third kappa shape index (κ3) is 2.61. The second kappa shape index (κ2) is 6.48. The molecule has 1 saturated heterocycles. The van der Waals surface area contributed by atoms with Crippen molar-refractivity contribution in [2.24, 2.45) is 5.92 Å². The van der Waals surface area contributed by atoms with Crippen LogP contribution in [-0.2, 0) is 24.2 Å². The number of hydrogen-bond donors (Lipinski definition) is 0. The van der Waals surface area contributed by atoms with Crippen LogP contribution in [0.15, 0.2) is 11.1 Å². The summed E-state index contributed by atoms with van der Waals surface area (Å²) in [6.07, 6.45) is 12.0. The number of thiophene rings is 1. The van der Waals surface area contributed by atoms with E-state index >= 15 is 0 Å². The molecule has 5 nitrogen and oxygen atoms in total. The molecule has 1 saturated carbocycles. The summed E-state index contributed by atoms with van der Waals surface area (Å²) < 4.78 is 1.54. The first-order chi connectivity index (χ1) is 12.7. The summed E-state index contributed by atoms with van der Waals surface area (Å²) in [4.78, 5) is 34.8. The van der Waals surface area contributed by atoms with Gasteiger partial charge >= 0.3 is 0 Å². The first-order valence-corrected chi connectivity index (χ1v) is 10.8. The Balaban J connectivity index is 1.43. The van der Waals surface area contributed by atoms with E-state index in [-0.39, 0.29) is 18.0 Å². The zero-order chi connectivity index (χ0) is 17.7. The quantitative estimate of drug-likeness (QED) is 0.815. The van der Waals surface area contributed by atoms with Gasteiger partial charge in [-0.3, -0.25) is 14.2 Å². The van der Waals surface area contributed by atoms with Crippen LogP contribution < -0.4 is 5.56 Å². The standard InChI is InChI=1S/C20H25N3O2S/c24-17(23-10-4-6-13-5-1-2-8-15(13)23)11-22-12-21-19-18(20(22)25)14-7-3-9-16(14)26-19/h12-13,15H,1-11H2. The lowest BCUT2D eigenvalue weighted by molar-refractivity contribution is -0.138. The summed E-state index contributed by atoms with van der Waals surface area (Å²) >= 11 is 1.65. The number of carbonyl (C=O) groups excluding carboxylic acids is 1. The lowest BCUT2D eigenvalue weighted by Gasteiger charge is -2.44. The molecule has 6 heteroatoms. The Morgan fingerprint density at radius 2 is 2.00 bits per heavy atom. The van der Waals surface area contributed by atoms with Gasteiger partial charge in [0, 0.05) is 17.5 Å². The van der Waals surface area contributed by atoms with Crippen molar-refractivity contribution in [2.45, 2.75) is 70.4 Å². The van der Waals surface area contributed by atoms with Gasteiger partial charge in [0.2, 0.25) is 5.91 Å². The minimum Gasteiger partial charge on any atom is -0.338 e. The number of amides is 1. The van der Waals surface area contributed by atoms with Crippen LogP contribution in [0.3, 0.4) is 0 Å². The summed E-state index contributed by atoms with van der Waals surface area (Å²) in [5.74, 6) is 0.760. The van der Waals surface area contributed by atoms with Crippen molar-refractivity contribution in [3.63, 3.8) is 0 Å². The topological polar surface area (TPSA) is 55.2 Å². The van der Waals surface area contributed by atoms with E-state index in [4.69, 9.17) is 0 Å². The molecular weight excluding hydrogens is 346 g/mol. The average Bonchev–Trinajstić information content (AvgIpc) is 3.24. The smallest absolute Gasteiger partial charge is 0.262 e. The normalized spacial score (nSPS) is 25.3. The minimum absolute atomic E-state index is 0.0278. The monoisotopic (exact) mass is 371 g/mol. The van der Waals surface area contributed by atoms with Crippen molar-refractivity contribution in [1.82, 2.24) is 14.5 Å². The number of piperidine rings is 1. The number of hydrogen-bond acceptors (Lipinski definition) is 4. The average molecular weight is 372 g/mol. The molecule has 0 radical (unpaired) electrons. The van der Waals surface area contributed by atoms with E-state index in [0.29, 0.717) is 12.0 Å². The highest BCUT2D eigenvalue weighted by Crippen LogP contribution is 2.36. The molecule has 2 unspecified atom stereocenters. The first-order valence-electron chi connectivity index (χ1n) is 10.0. The number of fused-ring (bicyclic) bond motifs is 4. The molecule has 3 aliphatic rings. The SMILES string of the molecule is O=C(Cn1cnc2sc3c(c2c1=O)CCC3)N1CCCC2CCCCC21. The molecule has 0 spiro atoms. The Morgan fingerprint density at radius 3 is 2.92 bits per heavy atom. The number of aromatic nitrogens is 2. The number of likely N-dealkylation sites (tertiary alicyclic amines) is 1. The van der Waals surface area contributed by atoms with Crippen molar-refractivity contribution in [3.05, 3.63) is 27.1 Å². The first kappa shape index (κ1) is 16.5. The number of aryl methyl sites for hydroxylation is 2. The maximum atomic E-state index is 13.0. The van der Waals surface area contributed by atoms with Gasteiger partial charge in [0.05, 0.1) is 11.7 Å². The Kier molecular flexibility index (Phi) is 4.11. The fourth-order valence-corrected chi connectivity index (χ4v) is 6.52. The molecule has 1 aliphatic heterocycles. The van der Waals surface area contributed by atoms with Gasteiger partial charge in [-0.25, -0.2) is 4.98 Å². The van der Waals surface area contributed by atoms with E-state index in [1.54, 1.807) is 22.2 Å². The van der Waals surface area contributed by atoms with Gasteiger partial charge in [-0.2, -0.15) is 0 Å². The molecule has 5 rings (SSSR count). The van der Waals surface area contributed by atoms with Crippen molar-refractivity contribution in [1.29, 1.82) is 0 Å². The molecule has 3 heterocycles. The van der Waals surface area contributed by atoms with Gasteiger partial charge < -0.3 is 4.90 Å². The molecule has 2 aromatic heterocycles. The molecule has 1 amide bonds. The van der Waals surface area contributed by atoms with Crippen LogP contribution in [0.2, 0.25) is 0 Å². The highest BCUT2D eigenvalue weighted by Gasteiger charge is 2.35. The third-order valence-corrected chi connectivity index (χ3v) is 7.76. The van der Waals surface area contributed by atoms with Crippen LogP contribution in [0.4, 0.5) is 0 Å². The summed E-state index contributed by atoms with van der Waals surface area (Å²) in [7, 11) is 0. The Hall–Kier alpha value is -1.69. The van der Waals surface area contributed by atoms with E-state index in [1.165, 1.54) is 36.1 Å². The van der Waals surface area contributed by atoms with E-state index in [0.717, 1.165) is 48.9 Å². The zero-order valence-corrected chi connectivity index (χ0v) is 15.9. The van der Waals surface area contributed by atoms with Gasteiger partial charge in [0.25, 0.3) is 5.56 Å². The van der Waals surface area contributed by atoms with Crippen LogP contribution >= 0.6 is 11.3 Å². The molecule has 0 N–H and O–H groups in total. The Morgan fingerprint density at radius 1 is 1.15 bits per heavy atom. The summed E-state index contributed by atoms with van der Waals surface area (Å²) in [6.45, 7) is 0.980. The van der Waals surface area contributed by atoms with E-state index in [2.05, 4.69) is 9.88 Å². The van der Waals surface area contributed by atoms with Crippen molar-refractivity contribution >= 4 is 27.5 Å². The largest absolute Gasteiger partial charge is 0.338 e. The van der Waals surface area contributed by atoms with Crippen molar-refractivity contribution in [3.8, 4) is 0 Å². The van der Waals surface area contributed by atoms with Crippen LogP contribution in [0.5, 0.6) is 0 Å². The molecule has 26 heavy (non-hydrogen) atoms. The predicted octanol–water partition coefficient (Wildman–Crippen LogP) is 3.13. The Bertz CT molecular complexity index is 914. The van der Waals surface area contributed by atoms with Gasteiger partial charge in [0.1, 0.15) is 11.4 Å². The van der Waals surface area contributed by atoms with Crippen molar-refractivity contribution in [2.75, 3.05) is 6.54 Å². The molecule has 2 aromatic rings. The fourth-order valence-electron chi connectivity index (χ4n) is 5.30. The lowest BCUT2D eigenvalue weighted by Crippen LogP contribution is -2.51. The van der Waals surface area contributed by atoms with Crippen molar-refractivity contribution < 1.29 is 4.79 Å². The third-order valence-electron chi connectivity index (χ3n) is 6.56. The maximum absolute atomic E-state index is 13.0. The molecular formula is C20H25N3O2S. The second-order valence-corrected chi connectivity index (χ2v) is 9.14. The minimum atomic E-state index is -0.0278. The molecule has 0 aromatic carbocycles. The van der Waals surface area contributed by atoms with Crippen LogP contribution in [-0.4, -0.2) is 32.9 Å². The number of rotatable bonds is 2. The molecule has 2 aliphatic carbocycles. The predicted molar refractivity (Wildman–Crippen MR) is 103 cm³/mol. The number of nitrogens with zero attached hydrogens (tertiary/aromatic N) is 3. The van der Waals surface area contributed by atoms with Gasteiger partial charge in [0.15, 0.2) is 0 Å². The molecule has 0 bridgehead atoms. The lowest BCUT2D eigenvalue weighted by atomic mass is 9.78. The molecule has 2 atom stereocenters.